The second-order valence-corrected chi connectivity index (χ2v) is 7.27. The molecule has 1 aromatic carbocycles. The van der Waals surface area contributed by atoms with Gasteiger partial charge in [-0.2, -0.15) is 8.42 Å². The van der Waals surface area contributed by atoms with Gasteiger partial charge in [0.05, 0.1) is 18.2 Å². The summed E-state index contributed by atoms with van der Waals surface area (Å²) in [7, 11) is -3.13. The summed E-state index contributed by atoms with van der Waals surface area (Å²) >= 11 is 0. The number of nitrogens with zero attached hydrogens (tertiary/aromatic N) is 1. The predicted octanol–water partition coefficient (Wildman–Crippen LogP) is 1.62. The van der Waals surface area contributed by atoms with Gasteiger partial charge in [0.2, 0.25) is 11.9 Å². The van der Waals surface area contributed by atoms with Gasteiger partial charge in [0, 0.05) is 11.6 Å². The second kappa shape index (κ2) is 6.45. The normalized spacial score (nSPS) is 11.4. The van der Waals surface area contributed by atoms with Crippen LogP contribution in [0.2, 0.25) is 0 Å². The Morgan fingerprint density at radius 3 is 2.28 bits per heavy atom. The number of nitrogen functional groups attached to an aromatic ring is 1. The molecule has 0 saturated heterocycles. The number of pyridine rings is 1. The number of rotatable bonds is 3. The lowest BCUT2D eigenvalue weighted by molar-refractivity contribution is -0.627. The van der Waals surface area contributed by atoms with Crippen molar-refractivity contribution in [1.82, 2.24) is 0 Å². The van der Waals surface area contributed by atoms with Crippen molar-refractivity contribution in [1.29, 1.82) is 0 Å². The maximum atomic E-state index is 12.0. The lowest BCUT2D eigenvalue weighted by Gasteiger charge is -2.15. The Balaban J connectivity index is 2.96. The predicted molar refractivity (Wildman–Crippen MR) is 92.3 cm³/mol. The molecule has 3 N–H and O–H groups in total. The van der Waals surface area contributed by atoms with Crippen molar-refractivity contribution in [3.8, 4) is 11.3 Å². The molecule has 1 aromatic heterocycles. The first-order chi connectivity index (χ1) is 11.5. The van der Waals surface area contributed by atoms with E-state index in [1.807, 2.05) is 6.92 Å². The Labute approximate surface area is 146 Å². The first-order valence-electron chi connectivity index (χ1n) is 7.48. The van der Waals surface area contributed by atoms with Crippen LogP contribution in [0.5, 0.6) is 0 Å². The number of benzene rings is 1. The molecule has 0 aliphatic heterocycles. The van der Waals surface area contributed by atoms with Crippen LogP contribution in [-0.2, 0) is 14.9 Å². The average Bonchev–Trinajstić information content (AvgIpc) is 2.47. The molecule has 8 heteroatoms. The summed E-state index contributed by atoms with van der Waals surface area (Å²) in [4.78, 5) is 11.8. The van der Waals surface area contributed by atoms with Gasteiger partial charge in [0.1, 0.15) is 4.90 Å². The van der Waals surface area contributed by atoms with Crippen LogP contribution in [-0.4, -0.2) is 26.0 Å². The zero-order valence-electron chi connectivity index (χ0n) is 14.7. The first kappa shape index (κ1) is 18.9. The van der Waals surface area contributed by atoms with Crippen LogP contribution < -0.4 is 10.5 Å². The maximum Gasteiger partial charge on any atom is 0.338 e. The minimum absolute atomic E-state index is 0.157. The SMILES string of the molecule is COC(=O)c1cc[n+](N)c(-c2c(C)cc(C)c(S(=O)(=O)O)c2C)c1C. The molecule has 2 aromatic rings. The van der Waals surface area contributed by atoms with Crippen LogP contribution >= 0.6 is 0 Å². The number of ether oxygens (including phenoxy) is 1. The third-order valence-corrected chi connectivity index (χ3v) is 5.36. The van der Waals surface area contributed by atoms with E-state index < -0.39 is 16.1 Å². The van der Waals surface area contributed by atoms with E-state index in [4.69, 9.17) is 10.6 Å². The van der Waals surface area contributed by atoms with Gasteiger partial charge in [-0.15, -0.1) is 0 Å². The van der Waals surface area contributed by atoms with Gasteiger partial charge in [-0.05, 0) is 44.4 Å². The third kappa shape index (κ3) is 3.22. The second-order valence-electron chi connectivity index (χ2n) is 5.92. The molecule has 1 heterocycles. The highest BCUT2D eigenvalue weighted by Gasteiger charge is 2.29. The molecule has 0 spiro atoms. The summed E-state index contributed by atoms with van der Waals surface area (Å²) < 4.78 is 39.3. The van der Waals surface area contributed by atoms with Crippen molar-refractivity contribution in [3.05, 3.63) is 46.1 Å². The molecule has 2 rings (SSSR count). The molecule has 0 unspecified atom stereocenters. The van der Waals surface area contributed by atoms with Crippen molar-refractivity contribution >= 4 is 16.1 Å². The van der Waals surface area contributed by atoms with E-state index in [0.29, 0.717) is 33.5 Å². The lowest BCUT2D eigenvalue weighted by Crippen LogP contribution is -2.47. The monoisotopic (exact) mass is 365 g/mol. The van der Waals surface area contributed by atoms with E-state index in [9.17, 15) is 17.8 Å². The van der Waals surface area contributed by atoms with Gasteiger partial charge in [-0.3, -0.25) is 4.55 Å². The standard InChI is InChI=1S/C17H20N2O5S/c1-9-8-10(2)16(25(21,22)23)12(4)14(9)15-11(3)13(17(20)24-5)6-7-19(15)18/h6-8H,1-5H3,(H2-,18,20,21,22,23)/p+1. The van der Waals surface area contributed by atoms with Crippen LogP contribution in [0.3, 0.4) is 0 Å². The number of hydrogen-bond donors (Lipinski definition) is 2. The van der Waals surface area contributed by atoms with Crippen molar-refractivity contribution in [2.75, 3.05) is 13.0 Å². The molecule has 25 heavy (non-hydrogen) atoms. The highest BCUT2D eigenvalue weighted by atomic mass is 32.2. The quantitative estimate of drug-likeness (QED) is 0.370. The topological polar surface area (TPSA) is 111 Å². The van der Waals surface area contributed by atoms with E-state index in [-0.39, 0.29) is 4.90 Å². The molecule has 134 valence electrons. The van der Waals surface area contributed by atoms with Gasteiger partial charge < -0.3 is 4.74 Å². The molecular weight excluding hydrogens is 344 g/mol. The molecule has 0 amide bonds. The van der Waals surface area contributed by atoms with E-state index in [1.165, 1.54) is 24.0 Å². The molecule has 0 atom stereocenters. The first-order valence-corrected chi connectivity index (χ1v) is 8.92. The molecule has 0 saturated carbocycles. The summed E-state index contributed by atoms with van der Waals surface area (Å²) in [5.74, 6) is 5.53. The minimum atomic E-state index is -4.41. The fourth-order valence-corrected chi connectivity index (χ4v) is 4.21. The number of aryl methyl sites for hydroxylation is 2. The van der Waals surface area contributed by atoms with E-state index >= 15 is 0 Å². The highest BCUT2D eigenvalue weighted by Crippen LogP contribution is 2.34. The van der Waals surface area contributed by atoms with Gasteiger partial charge in [0.25, 0.3) is 10.1 Å². The fraction of sp³-hybridized carbons (Fsp3) is 0.294. The Morgan fingerprint density at radius 1 is 1.16 bits per heavy atom. The molecule has 0 fully saturated rings. The summed E-state index contributed by atoms with van der Waals surface area (Å²) in [5, 5.41) is 0. The molecule has 0 bridgehead atoms. The van der Waals surface area contributed by atoms with E-state index in [0.717, 1.165) is 5.56 Å². The van der Waals surface area contributed by atoms with Crippen LogP contribution in [0.25, 0.3) is 11.3 Å². The number of methoxy groups -OCH3 is 1. The fourth-order valence-electron chi connectivity index (χ4n) is 3.25. The van der Waals surface area contributed by atoms with Gasteiger partial charge in [-0.1, -0.05) is 10.7 Å². The van der Waals surface area contributed by atoms with Crippen LogP contribution in [0.1, 0.15) is 32.6 Å². The maximum absolute atomic E-state index is 12.0. The number of nitrogens with two attached hydrogens (primary N) is 1. The smallest absolute Gasteiger partial charge is 0.338 e. The van der Waals surface area contributed by atoms with Gasteiger partial charge in [0.15, 0.2) is 0 Å². The number of aromatic nitrogens is 1. The Morgan fingerprint density at radius 2 is 1.76 bits per heavy atom. The largest absolute Gasteiger partial charge is 0.465 e. The van der Waals surface area contributed by atoms with Crippen LogP contribution in [0, 0.1) is 27.7 Å². The number of carbonyl (C=O) groups is 1. The van der Waals surface area contributed by atoms with E-state index in [1.54, 1.807) is 26.8 Å². The van der Waals surface area contributed by atoms with Crippen molar-refractivity contribution in [3.63, 3.8) is 0 Å². The number of carbonyl (C=O) groups excluding carboxylic acids is 1. The Kier molecular flexibility index (Phi) is 4.87. The van der Waals surface area contributed by atoms with Crippen molar-refractivity contribution in [2.45, 2.75) is 32.6 Å². The zero-order valence-corrected chi connectivity index (χ0v) is 15.6. The molecular formula is C17H21N2O5S+. The summed E-state index contributed by atoms with van der Waals surface area (Å²) in [6, 6.07) is 3.20. The molecule has 0 aliphatic carbocycles. The summed E-state index contributed by atoms with van der Waals surface area (Å²) in [6.45, 7) is 6.73. The molecule has 0 aliphatic rings. The summed E-state index contributed by atoms with van der Waals surface area (Å²) in [6.07, 6.45) is 1.50. The number of hydrogen-bond acceptors (Lipinski definition) is 5. The van der Waals surface area contributed by atoms with Crippen molar-refractivity contribution < 1.29 is 27.2 Å². The van der Waals surface area contributed by atoms with Crippen LogP contribution in [0.15, 0.2) is 23.2 Å². The van der Waals surface area contributed by atoms with Crippen LogP contribution in [0.4, 0.5) is 0 Å². The van der Waals surface area contributed by atoms with Gasteiger partial charge in [-0.25, -0.2) is 10.6 Å². The summed E-state index contributed by atoms with van der Waals surface area (Å²) in [5.41, 5.74) is 3.47. The Bertz CT molecular complexity index is 981. The molecule has 7 nitrogen and oxygen atoms in total. The Hall–Kier alpha value is -2.45. The average molecular weight is 365 g/mol. The lowest BCUT2D eigenvalue weighted by atomic mass is 9.93. The van der Waals surface area contributed by atoms with Gasteiger partial charge >= 0.3 is 5.97 Å². The third-order valence-electron chi connectivity index (χ3n) is 4.22. The van der Waals surface area contributed by atoms with E-state index in [2.05, 4.69) is 0 Å². The van der Waals surface area contributed by atoms with Crippen molar-refractivity contribution in [2.24, 2.45) is 0 Å². The minimum Gasteiger partial charge on any atom is -0.465 e. The zero-order chi connectivity index (χ0) is 19.1. The number of esters is 1. The molecule has 0 radical (unpaired) electrons. The highest BCUT2D eigenvalue weighted by molar-refractivity contribution is 7.86.